The minimum absolute atomic E-state index is 0.182. The second-order valence-corrected chi connectivity index (χ2v) is 3.87. The minimum atomic E-state index is -1.73. The van der Waals surface area contributed by atoms with E-state index in [9.17, 15) is 17.6 Å². The lowest BCUT2D eigenvalue weighted by atomic mass is 10.1. The van der Waals surface area contributed by atoms with Crippen molar-refractivity contribution in [3.63, 3.8) is 0 Å². The zero-order chi connectivity index (χ0) is 13.2. The van der Waals surface area contributed by atoms with Gasteiger partial charge in [0.15, 0.2) is 0 Å². The van der Waals surface area contributed by atoms with Gasteiger partial charge in [0.1, 0.15) is 5.69 Å². The second-order valence-electron chi connectivity index (χ2n) is 3.87. The molecule has 0 aliphatic rings. The zero-order valence-electron chi connectivity index (χ0n) is 9.27. The molecule has 0 spiro atoms. The van der Waals surface area contributed by atoms with Gasteiger partial charge in [-0.25, -0.2) is 0 Å². The van der Waals surface area contributed by atoms with Crippen molar-refractivity contribution >= 4 is 5.69 Å². The summed E-state index contributed by atoms with van der Waals surface area (Å²) < 4.78 is 52.0. The van der Waals surface area contributed by atoms with E-state index in [2.05, 4.69) is 10.3 Å². The van der Waals surface area contributed by atoms with Crippen LogP contribution >= 0.6 is 0 Å². The first-order valence-corrected chi connectivity index (χ1v) is 4.95. The highest BCUT2D eigenvalue weighted by molar-refractivity contribution is 5.46. The molecule has 0 radical (unpaired) electrons. The number of aromatic nitrogens is 1. The maximum atomic E-state index is 13.2. The molecule has 96 valence electrons. The molecule has 17 heavy (non-hydrogen) atoms. The number of pyridine rings is 1. The SMILES string of the molecule is CC(C)C(CO)Nc1c(F)c(F)nc(F)c1F. The largest absolute Gasteiger partial charge is 0.394 e. The van der Waals surface area contributed by atoms with Gasteiger partial charge in [0.2, 0.25) is 11.6 Å². The van der Waals surface area contributed by atoms with Crippen molar-refractivity contribution in [1.82, 2.24) is 4.98 Å². The molecule has 0 bridgehead atoms. The first-order valence-electron chi connectivity index (χ1n) is 4.95. The molecule has 0 aliphatic heterocycles. The van der Waals surface area contributed by atoms with Crippen molar-refractivity contribution < 1.29 is 22.7 Å². The molecule has 1 aromatic rings. The van der Waals surface area contributed by atoms with E-state index in [0.29, 0.717) is 0 Å². The molecule has 0 aromatic carbocycles. The van der Waals surface area contributed by atoms with E-state index in [-0.39, 0.29) is 5.92 Å². The van der Waals surface area contributed by atoms with Gasteiger partial charge in [0.25, 0.3) is 11.9 Å². The summed E-state index contributed by atoms with van der Waals surface area (Å²) in [4.78, 5) is 2.43. The normalized spacial score (nSPS) is 12.9. The predicted octanol–water partition coefficient (Wildman–Crippen LogP) is 2.07. The summed E-state index contributed by atoms with van der Waals surface area (Å²) in [6.07, 6.45) is 0. The molecule has 3 nitrogen and oxygen atoms in total. The van der Waals surface area contributed by atoms with E-state index in [1.165, 1.54) is 0 Å². The van der Waals surface area contributed by atoms with Crippen molar-refractivity contribution in [2.45, 2.75) is 19.9 Å². The predicted molar refractivity (Wildman–Crippen MR) is 53.4 cm³/mol. The molecule has 2 N–H and O–H groups in total. The molecule has 1 rings (SSSR count). The number of hydrogen-bond donors (Lipinski definition) is 2. The molecule has 0 fully saturated rings. The van der Waals surface area contributed by atoms with Crippen molar-refractivity contribution in [1.29, 1.82) is 0 Å². The zero-order valence-corrected chi connectivity index (χ0v) is 9.27. The molecule has 0 saturated carbocycles. The fourth-order valence-corrected chi connectivity index (χ4v) is 1.22. The Bertz CT molecular complexity index is 386. The molecule has 7 heteroatoms. The number of nitrogens with one attached hydrogen (secondary N) is 1. The average Bonchev–Trinajstić information content (AvgIpc) is 2.26. The molecule has 1 unspecified atom stereocenters. The third-order valence-electron chi connectivity index (χ3n) is 2.33. The summed E-state index contributed by atoms with van der Waals surface area (Å²) in [5.41, 5.74) is -0.956. The van der Waals surface area contributed by atoms with Crippen LogP contribution in [0.4, 0.5) is 23.2 Å². The minimum Gasteiger partial charge on any atom is -0.394 e. The molecule has 1 heterocycles. The highest BCUT2D eigenvalue weighted by atomic mass is 19.2. The Balaban J connectivity index is 3.13. The standard InChI is InChI=1S/C10H12F4N2O/c1-4(2)5(3-17)15-8-6(11)9(13)16-10(14)7(8)12/h4-5,17H,3H2,1-2H3,(H,15,16). The summed E-state index contributed by atoms with van der Waals surface area (Å²) in [5, 5.41) is 11.2. The van der Waals surface area contributed by atoms with Crippen LogP contribution < -0.4 is 5.32 Å². The summed E-state index contributed by atoms with van der Waals surface area (Å²) in [6.45, 7) is 2.93. The fourth-order valence-electron chi connectivity index (χ4n) is 1.22. The summed E-state index contributed by atoms with van der Waals surface area (Å²) in [5.74, 6) is -6.86. The number of halogens is 4. The maximum absolute atomic E-state index is 13.2. The molecule has 0 amide bonds. The Morgan fingerprint density at radius 3 is 1.94 bits per heavy atom. The van der Waals surface area contributed by atoms with E-state index < -0.39 is 41.9 Å². The van der Waals surface area contributed by atoms with Crippen LogP contribution in [0, 0.1) is 29.4 Å². The number of aliphatic hydroxyl groups is 1. The lowest BCUT2D eigenvalue weighted by Crippen LogP contribution is -2.30. The van der Waals surface area contributed by atoms with Gasteiger partial charge in [-0.1, -0.05) is 13.8 Å². The van der Waals surface area contributed by atoms with Crippen LogP contribution in [-0.4, -0.2) is 22.7 Å². The number of hydrogen-bond acceptors (Lipinski definition) is 3. The van der Waals surface area contributed by atoms with E-state index in [1.54, 1.807) is 13.8 Å². The average molecular weight is 252 g/mol. The van der Waals surface area contributed by atoms with E-state index in [0.717, 1.165) is 0 Å². The van der Waals surface area contributed by atoms with Crippen LogP contribution in [0.15, 0.2) is 0 Å². The van der Waals surface area contributed by atoms with Gasteiger partial charge in [-0.15, -0.1) is 0 Å². The quantitative estimate of drug-likeness (QED) is 0.637. The molecule has 0 saturated heterocycles. The van der Waals surface area contributed by atoms with Crippen LogP contribution in [0.1, 0.15) is 13.8 Å². The van der Waals surface area contributed by atoms with Gasteiger partial charge in [0, 0.05) is 0 Å². The first kappa shape index (κ1) is 13.7. The molecule has 0 aliphatic carbocycles. The fraction of sp³-hybridized carbons (Fsp3) is 0.500. The Labute approximate surface area is 95.5 Å². The lowest BCUT2D eigenvalue weighted by Gasteiger charge is -2.21. The Morgan fingerprint density at radius 2 is 1.59 bits per heavy atom. The molecular formula is C10H12F4N2O. The van der Waals surface area contributed by atoms with Crippen molar-refractivity contribution in [3.05, 3.63) is 23.5 Å². The summed E-state index contributed by atoms with van der Waals surface area (Å²) in [6, 6.07) is -0.722. The Morgan fingerprint density at radius 1 is 1.12 bits per heavy atom. The van der Waals surface area contributed by atoms with Crippen molar-refractivity contribution in [2.24, 2.45) is 5.92 Å². The smallest absolute Gasteiger partial charge is 0.253 e. The number of rotatable bonds is 4. The van der Waals surface area contributed by atoms with Crippen molar-refractivity contribution in [3.8, 4) is 0 Å². The van der Waals surface area contributed by atoms with Crippen molar-refractivity contribution in [2.75, 3.05) is 11.9 Å². The van der Waals surface area contributed by atoms with Crippen LogP contribution in [-0.2, 0) is 0 Å². The van der Waals surface area contributed by atoms with Crippen LogP contribution in [0.3, 0.4) is 0 Å². The molecule has 1 aromatic heterocycles. The summed E-state index contributed by atoms with van der Waals surface area (Å²) in [7, 11) is 0. The number of anilines is 1. The van der Waals surface area contributed by atoms with Crippen LogP contribution in [0.25, 0.3) is 0 Å². The van der Waals surface area contributed by atoms with Gasteiger partial charge in [-0.2, -0.15) is 22.5 Å². The van der Waals surface area contributed by atoms with E-state index in [4.69, 9.17) is 5.11 Å². The second kappa shape index (κ2) is 5.31. The highest BCUT2D eigenvalue weighted by Gasteiger charge is 2.23. The maximum Gasteiger partial charge on any atom is 0.253 e. The topological polar surface area (TPSA) is 45.1 Å². The monoisotopic (exact) mass is 252 g/mol. The van der Waals surface area contributed by atoms with Gasteiger partial charge < -0.3 is 10.4 Å². The lowest BCUT2D eigenvalue weighted by molar-refractivity contribution is 0.248. The first-order chi connectivity index (χ1) is 7.88. The number of nitrogens with zero attached hydrogens (tertiary/aromatic N) is 1. The third kappa shape index (κ3) is 2.85. The third-order valence-corrected chi connectivity index (χ3v) is 2.33. The number of aliphatic hydroxyl groups excluding tert-OH is 1. The Kier molecular flexibility index (Phi) is 4.28. The van der Waals surface area contributed by atoms with Crippen LogP contribution in [0.5, 0.6) is 0 Å². The van der Waals surface area contributed by atoms with E-state index in [1.807, 2.05) is 0 Å². The molecule has 1 atom stereocenters. The van der Waals surface area contributed by atoms with Gasteiger partial charge in [-0.05, 0) is 5.92 Å². The van der Waals surface area contributed by atoms with Crippen LogP contribution in [0.2, 0.25) is 0 Å². The Hall–Kier alpha value is -1.37. The van der Waals surface area contributed by atoms with Gasteiger partial charge in [0.05, 0.1) is 12.6 Å². The molecular weight excluding hydrogens is 240 g/mol. The van der Waals surface area contributed by atoms with Gasteiger partial charge in [-0.3, -0.25) is 0 Å². The van der Waals surface area contributed by atoms with E-state index >= 15 is 0 Å². The highest BCUT2D eigenvalue weighted by Crippen LogP contribution is 2.23. The summed E-state index contributed by atoms with van der Waals surface area (Å²) >= 11 is 0. The van der Waals surface area contributed by atoms with Gasteiger partial charge >= 0.3 is 0 Å².